The maximum Gasteiger partial charge on any atom is 0.215 e. The van der Waals surface area contributed by atoms with Gasteiger partial charge in [0.1, 0.15) is 29.9 Å². The van der Waals surface area contributed by atoms with Gasteiger partial charge in [-0.05, 0) is 43.7 Å². The third kappa shape index (κ3) is 5.21. The second-order valence-corrected chi connectivity index (χ2v) is 10.0. The summed E-state index contributed by atoms with van der Waals surface area (Å²) in [5.74, 6) is 1.07. The number of nitrogens with zero attached hydrogens (tertiary/aromatic N) is 5. The zero-order valence-electron chi connectivity index (χ0n) is 21.4. The molecule has 2 fully saturated rings. The Kier molecular flexibility index (Phi) is 6.95. The van der Waals surface area contributed by atoms with Crippen LogP contribution in [0.25, 0.3) is 11.0 Å². The van der Waals surface area contributed by atoms with Crippen molar-refractivity contribution in [1.82, 2.24) is 19.4 Å². The SMILES string of the molecule is C[C@H]1CN(c2cccc(OCc3ccc(F)cc3F)n2)CCN1Cc1nc2ccccc2n1C[C@@H]1CCO1. The van der Waals surface area contributed by atoms with E-state index in [1.165, 1.54) is 12.1 Å². The molecule has 9 heteroatoms. The number of halogens is 2. The summed E-state index contributed by atoms with van der Waals surface area (Å²) < 4.78 is 40.9. The van der Waals surface area contributed by atoms with Crippen molar-refractivity contribution in [3.8, 4) is 5.88 Å². The molecular formula is C29H31F2N5O2. The van der Waals surface area contributed by atoms with Gasteiger partial charge in [-0.15, -0.1) is 0 Å². The molecule has 2 aliphatic rings. The first kappa shape index (κ1) is 24.8. The van der Waals surface area contributed by atoms with Gasteiger partial charge in [-0.2, -0.15) is 4.98 Å². The van der Waals surface area contributed by atoms with Crippen molar-refractivity contribution in [2.45, 2.75) is 45.2 Å². The lowest BCUT2D eigenvalue weighted by Gasteiger charge is -2.40. The van der Waals surface area contributed by atoms with Crippen LogP contribution in [0.1, 0.15) is 24.7 Å². The lowest BCUT2D eigenvalue weighted by molar-refractivity contribution is -0.0592. The zero-order chi connectivity index (χ0) is 26.1. The molecule has 2 aromatic carbocycles. The highest BCUT2D eigenvalue weighted by Gasteiger charge is 2.28. The number of aromatic nitrogens is 3. The number of benzene rings is 2. The predicted octanol–water partition coefficient (Wildman–Crippen LogP) is 4.79. The van der Waals surface area contributed by atoms with Gasteiger partial charge < -0.3 is 18.9 Å². The van der Waals surface area contributed by atoms with Crippen molar-refractivity contribution in [1.29, 1.82) is 0 Å². The third-order valence-corrected chi connectivity index (χ3v) is 7.45. The highest BCUT2D eigenvalue weighted by Crippen LogP contribution is 2.25. The van der Waals surface area contributed by atoms with E-state index in [0.717, 1.165) is 74.5 Å². The van der Waals surface area contributed by atoms with Gasteiger partial charge in [0.15, 0.2) is 0 Å². The van der Waals surface area contributed by atoms with Crippen LogP contribution in [-0.4, -0.2) is 57.8 Å². The molecule has 6 rings (SSSR count). The number of fused-ring (bicyclic) bond motifs is 1. The lowest BCUT2D eigenvalue weighted by atomic mass is 10.1. The number of rotatable bonds is 8. The molecule has 4 aromatic rings. The first-order valence-electron chi connectivity index (χ1n) is 13.1. The van der Waals surface area contributed by atoms with E-state index >= 15 is 0 Å². The number of hydrogen-bond donors (Lipinski definition) is 0. The number of hydrogen-bond acceptors (Lipinski definition) is 6. The van der Waals surface area contributed by atoms with Crippen LogP contribution in [0, 0.1) is 11.6 Å². The summed E-state index contributed by atoms with van der Waals surface area (Å²) in [5.41, 5.74) is 2.47. The van der Waals surface area contributed by atoms with E-state index in [2.05, 4.69) is 44.5 Å². The van der Waals surface area contributed by atoms with Crippen LogP contribution in [0.5, 0.6) is 5.88 Å². The van der Waals surface area contributed by atoms with Gasteiger partial charge in [0.05, 0.1) is 30.2 Å². The van der Waals surface area contributed by atoms with E-state index in [4.69, 9.17) is 14.5 Å². The first-order valence-corrected chi connectivity index (χ1v) is 13.1. The molecule has 2 saturated heterocycles. The molecule has 0 radical (unpaired) electrons. The highest BCUT2D eigenvalue weighted by atomic mass is 19.1. The minimum Gasteiger partial charge on any atom is -0.473 e. The Morgan fingerprint density at radius 2 is 1.89 bits per heavy atom. The lowest BCUT2D eigenvalue weighted by Crippen LogP contribution is -2.52. The average molecular weight is 520 g/mol. The number of para-hydroxylation sites is 2. The summed E-state index contributed by atoms with van der Waals surface area (Å²) in [6.45, 7) is 7.17. The van der Waals surface area contributed by atoms with Gasteiger partial charge in [0, 0.05) is 50.0 Å². The van der Waals surface area contributed by atoms with Gasteiger partial charge in [0.2, 0.25) is 5.88 Å². The standard InChI is InChI=1S/C29H31F2N5O2/c1-20-16-35(27-7-4-8-29(33-27)38-19-21-9-10-22(30)15-24(21)31)13-12-34(20)18-28-32-25-5-2-3-6-26(25)36(28)17-23-11-14-37-23/h2-10,15,20,23H,11-14,16-19H2,1H3/t20-,23-/m0/s1. The van der Waals surface area contributed by atoms with Gasteiger partial charge in [0.25, 0.3) is 0 Å². The Hall–Kier alpha value is -3.56. The van der Waals surface area contributed by atoms with E-state index in [1.54, 1.807) is 6.07 Å². The second kappa shape index (κ2) is 10.7. The number of anilines is 1. The molecule has 0 bridgehead atoms. The number of pyridine rings is 1. The summed E-state index contributed by atoms with van der Waals surface area (Å²) in [6, 6.07) is 17.7. The Morgan fingerprint density at radius 1 is 1.03 bits per heavy atom. The van der Waals surface area contributed by atoms with Crippen molar-refractivity contribution in [2.75, 3.05) is 31.1 Å². The Balaban J connectivity index is 1.11. The summed E-state index contributed by atoms with van der Waals surface area (Å²) in [5, 5.41) is 0. The maximum absolute atomic E-state index is 14.0. The molecule has 0 unspecified atom stereocenters. The van der Waals surface area contributed by atoms with Crippen LogP contribution >= 0.6 is 0 Å². The summed E-state index contributed by atoms with van der Waals surface area (Å²) in [4.78, 5) is 14.3. The highest BCUT2D eigenvalue weighted by molar-refractivity contribution is 5.75. The van der Waals surface area contributed by atoms with Crippen LogP contribution in [-0.2, 0) is 24.4 Å². The number of imidazole rings is 1. The Morgan fingerprint density at radius 3 is 2.68 bits per heavy atom. The van der Waals surface area contributed by atoms with Gasteiger partial charge in [-0.3, -0.25) is 4.90 Å². The van der Waals surface area contributed by atoms with Crippen molar-refractivity contribution < 1.29 is 18.3 Å². The monoisotopic (exact) mass is 519 g/mol. The Bertz CT molecular complexity index is 1420. The predicted molar refractivity (Wildman–Crippen MR) is 141 cm³/mol. The van der Waals surface area contributed by atoms with Crippen LogP contribution in [0.2, 0.25) is 0 Å². The van der Waals surface area contributed by atoms with Gasteiger partial charge in [-0.1, -0.05) is 18.2 Å². The van der Waals surface area contributed by atoms with Crippen molar-refractivity contribution in [3.63, 3.8) is 0 Å². The quantitative estimate of drug-likeness (QED) is 0.334. The third-order valence-electron chi connectivity index (χ3n) is 7.45. The minimum atomic E-state index is -0.625. The van der Waals surface area contributed by atoms with Crippen LogP contribution in [0.4, 0.5) is 14.6 Å². The largest absolute Gasteiger partial charge is 0.473 e. The molecule has 2 aromatic heterocycles. The average Bonchev–Trinajstić information content (AvgIpc) is 3.24. The fourth-order valence-corrected chi connectivity index (χ4v) is 5.15. The smallest absolute Gasteiger partial charge is 0.215 e. The Labute approximate surface area is 220 Å². The molecule has 0 N–H and O–H groups in total. The summed E-state index contributed by atoms with van der Waals surface area (Å²) >= 11 is 0. The molecule has 4 heterocycles. The first-order chi connectivity index (χ1) is 18.5. The fourth-order valence-electron chi connectivity index (χ4n) is 5.15. The number of ether oxygens (including phenoxy) is 2. The summed E-state index contributed by atoms with van der Waals surface area (Å²) in [7, 11) is 0. The van der Waals surface area contributed by atoms with E-state index in [0.29, 0.717) is 5.88 Å². The fraction of sp³-hybridized carbons (Fsp3) is 0.379. The second-order valence-electron chi connectivity index (χ2n) is 10.0. The molecular weight excluding hydrogens is 488 g/mol. The minimum absolute atomic E-state index is 0.0142. The molecule has 7 nitrogen and oxygen atoms in total. The van der Waals surface area contributed by atoms with Gasteiger partial charge in [-0.25, -0.2) is 13.8 Å². The zero-order valence-corrected chi connectivity index (χ0v) is 21.4. The van der Waals surface area contributed by atoms with Crippen LogP contribution in [0.3, 0.4) is 0 Å². The molecule has 2 aliphatic heterocycles. The molecule has 0 aliphatic carbocycles. The molecule has 198 valence electrons. The number of piperazine rings is 1. The van der Waals surface area contributed by atoms with E-state index in [9.17, 15) is 8.78 Å². The van der Waals surface area contributed by atoms with Crippen molar-refractivity contribution >= 4 is 16.9 Å². The topological polar surface area (TPSA) is 55.7 Å². The molecule has 0 saturated carbocycles. The van der Waals surface area contributed by atoms with Crippen molar-refractivity contribution in [2.24, 2.45) is 0 Å². The van der Waals surface area contributed by atoms with E-state index in [-0.39, 0.29) is 24.3 Å². The molecule has 0 amide bonds. The van der Waals surface area contributed by atoms with Crippen molar-refractivity contribution in [3.05, 3.63) is 83.7 Å². The summed E-state index contributed by atoms with van der Waals surface area (Å²) in [6.07, 6.45) is 1.36. The van der Waals surface area contributed by atoms with E-state index < -0.39 is 11.6 Å². The van der Waals surface area contributed by atoms with Gasteiger partial charge >= 0.3 is 0 Å². The molecule has 0 spiro atoms. The normalized spacial score (nSPS) is 20.0. The van der Waals surface area contributed by atoms with Crippen LogP contribution in [0.15, 0.2) is 60.7 Å². The maximum atomic E-state index is 14.0. The molecule has 38 heavy (non-hydrogen) atoms. The van der Waals surface area contributed by atoms with E-state index in [1.807, 2.05) is 18.2 Å². The molecule has 2 atom stereocenters. The van der Waals surface area contributed by atoms with Crippen LogP contribution < -0.4 is 9.64 Å².